The lowest BCUT2D eigenvalue weighted by atomic mass is 10.1. The third-order valence-corrected chi connectivity index (χ3v) is 6.75. The second-order valence-corrected chi connectivity index (χ2v) is 9.56. The molecule has 0 aliphatic rings. The molecule has 0 heterocycles. The van der Waals surface area contributed by atoms with Gasteiger partial charge in [0.05, 0.1) is 36.0 Å². The van der Waals surface area contributed by atoms with Crippen LogP contribution < -0.4 is 9.80 Å². The maximum absolute atomic E-state index is 9.21. The molecule has 42 heavy (non-hydrogen) atoms. The van der Waals surface area contributed by atoms with Gasteiger partial charge in [-0.1, -0.05) is 36.4 Å². The fourth-order valence-corrected chi connectivity index (χ4v) is 4.37. The normalized spacial score (nSPS) is 11.6. The van der Waals surface area contributed by atoms with Crippen LogP contribution in [0.25, 0.3) is 12.2 Å². The molecule has 4 aromatic rings. The molecule has 0 unspecified atom stereocenters. The molecule has 8 nitrogen and oxygen atoms in total. The third kappa shape index (κ3) is 8.92. The van der Waals surface area contributed by atoms with Crippen LogP contribution in [0.1, 0.15) is 25.0 Å². The zero-order valence-electron chi connectivity index (χ0n) is 24.2. The van der Waals surface area contributed by atoms with E-state index in [1.54, 1.807) is 0 Å². The molecule has 216 valence electrons. The quantitative estimate of drug-likeness (QED) is 0.119. The molecule has 4 rings (SSSR count). The van der Waals surface area contributed by atoms with Gasteiger partial charge in [0, 0.05) is 37.6 Å². The van der Waals surface area contributed by atoms with Crippen LogP contribution >= 0.6 is 0 Å². The van der Waals surface area contributed by atoms with Crippen LogP contribution in [0.5, 0.6) is 0 Å². The van der Waals surface area contributed by atoms with Gasteiger partial charge in [0.1, 0.15) is 0 Å². The van der Waals surface area contributed by atoms with E-state index in [-0.39, 0.29) is 13.2 Å². The minimum atomic E-state index is 0.127. The number of anilines is 2. The Morgan fingerprint density at radius 1 is 0.476 bits per heavy atom. The molecular weight excluding hydrogens is 524 g/mol. The van der Waals surface area contributed by atoms with Crippen molar-refractivity contribution in [2.45, 2.75) is 13.8 Å². The monoisotopic (exact) mass is 562 g/mol. The maximum atomic E-state index is 9.21. The van der Waals surface area contributed by atoms with Gasteiger partial charge >= 0.3 is 0 Å². The van der Waals surface area contributed by atoms with Gasteiger partial charge in [0.15, 0.2) is 0 Å². The SMILES string of the molecule is CCN(CCO)c1ccc(/N=N/c2ccc(/C=C/c3ccc(/N=N/c4ccc(N(CC)CCO)cc4)cc3)cc2)cc1. The van der Waals surface area contributed by atoms with Crippen LogP contribution in [0.3, 0.4) is 0 Å². The van der Waals surface area contributed by atoms with Crippen molar-refractivity contribution in [3.63, 3.8) is 0 Å². The van der Waals surface area contributed by atoms with Crippen molar-refractivity contribution in [3.8, 4) is 0 Å². The molecule has 0 atom stereocenters. The van der Waals surface area contributed by atoms with Crippen molar-refractivity contribution in [3.05, 3.63) is 108 Å². The van der Waals surface area contributed by atoms with Crippen LogP contribution in [0.4, 0.5) is 34.1 Å². The number of likely N-dealkylation sites (N-methyl/N-ethyl adjacent to an activating group) is 2. The molecular formula is C34H38N6O2. The van der Waals surface area contributed by atoms with E-state index in [1.165, 1.54) is 0 Å². The van der Waals surface area contributed by atoms with Gasteiger partial charge < -0.3 is 20.0 Å². The Kier molecular flexibility index (Phi) is 11.5. The largest absolute Gasteiger partial charge is 0.395 e. The summed E-state index contributed by atoms with van der Waals surface area (Å²) < 4.78 is 0. The average molecular weight is 563 g/mol. The van der Waals surface area contributed by atoms with Gasteiger partial charge in [0.25, 0.3) is 0 Å². The van der Waals surface area contributed by atoms with Crippen molar-refractivity contribution >= 4 is 46.3 Å². The molecule has 0 saturated carbocycles. The molecule has 0 aliphatic heterocycles. The summed E-state index contributed by atoms with van der Waals surface area (Å²) in [7, 11) is 0. The average Bonchev–Trinajstić information content (AvgIpc) is 3.05. The van der Waals surface area contributed by atoms with Crippen molar-refractivity contribution in [2.24, 2.45) is 20.5 Å². The first-order valence-electron chi connectivity index (χ1n) is 14.2. The van der Waals surface area contributed by atoms with E-state index in [0.717, 1.165) is 58.3 Å². The van der Waals surface area contributed by atoms with Gasteiger partial charge in [-0.25, -0.2) is 0 Å². The molecule has 2 N–H and O–H groups in total. The molecule has 0 saturated heterocycles. The number of hydrogen-bond acceptors (Lipinski definition) is 8. The smallest absolute Gasteiger partial charge is 0.0858 e. The number of benzene rings is 4. The highest BCUT2D eigenvalue weighted by molar-refractivity contribution is 5.70. The van der Waals surface area contributed by atoms with E-state index in [4.69, 9.17) is 0 Å². The molecule has 4 aromatic carbocycles. The van der Waals surface area contributed by atoms with Crippen LogP contribution in [-0.4, -0.2) is 49.6 Å². The summed E-state index contributed by atoms with van der Waals surface area (Å²) in [6.45, 7) is 7.27. The zero-order chi connectivity index (χ0) is 29.6. The minimum Gasteiger partial charge on any atom is -0.395 e. The Morgan fingerprint density at radius 2 is 0.762 bits per heavy atom. The van der Waals surface area contributed by atoms with Crippen molar-refractivity contribution < 1.29 is 10.2 Å². The lowest BCUT2D eigenvalue weighted by Crippen LogP contribution is -2.25. The molecule has 0 spiro atoms. The van der Waals surface area contributed by atoms with Crippen LogP contribution in [0.2, 0.25) is 0 Å². The topological polar surface area (TPSA) is 96.4 Å². The van der Waals surface area contributed by atoms with Crippen molar-refractivity contribution in [2.75, 3.05) is 49.2 Å². The Balaban J connectivity index is 1.30. The van der Waals surface area contributed by atoms with Gasteiger partial charge in [-0.05, 0) is 97.8 Å². The lowest BCUT2D eigenvalue weighted by molar-refractivity contribution is 0.302. The third-order valence-electron chi connectivity index (χ3n) is 6.75. The summed E-state index contributed by atoms with van der Waals surface area (Å²) in [4.78, 5) is 4.21. The van der Waals surface area contributed by atoms with Crippen LogP contribution in [0.15, 0.2) is 118 Å². The number of azo groups is 2. The number of hydrogen-bond donors (Lipinski definition) is 2. The Bertz CT molecular complexity index is 1340. The second-order valence-electron chi connectivity index (χ2n) is 9.56. The molecule has 0 radical (unpaired) electrons. The van der Waals surface area contributed by atoms with E-state index in [9.17, 15) is 10.2 Å². The van der Waals surface area contributed by atoms with Gasteiger partial charge in [0.2, 0.25) is 0 Å². The summed E-state index contributed by atoms with van der Waals surface area (Å²) in [5, 5.41) is 35.8. The Labute approximate surface area is 248 Å². The molecule has 0 amide bonds. The second kappa shape index (κ2) is 16.0. The Morgan fingerprint density at radius 3 is 1.02 bits per heavy atom. The summed E-state index contributed by atoms with van der Waals surface area (Å²) in [5.74, 6) is 0. The first kappa shape index (κ1) is 30.3. The van der Waals surface area contributed by atoms with E-state index in [1.807, 2.05) is 97.1 Å². The van der Waals surface area contributed by atoms with E-state index >= 15 is 0 Å². The summed E-state index contributed by atoms with van der Waals surface area (Å²) >= 11 is 0. The standard InChI is InChI=1S/C34H38N6O2/c1-3-39(23-25-41)33-19-15-31(16-20-33)37-35-29-11-7-27(8-12-29)5-6-28-9-13-30(14-10-28)36-38-32-17-21-34(22-18-32)40(4-2)24-26-42/h5-22,41-42H,3-4,23-26H2,1-2H3/b6-5+,37-35+,38-36+. The minimum absolute atomic E-state index is 0.127. The summed E-state index contributed by atoms with van der Waals surface area (Å²) in [5.41, 5.74) is 7.36. The van der Waals surface area contributed by atoms with Crippen LogP contribution in [-0.2, 0) is 0 Å². The number of nitrogens with zero attached hydrogens (tertiary/aromatic N) is 6. The van der Waals surface area contributed by atoms with E-state index in [2.05, 4.69) is 56.3 Å². The Hall–Kier alpha value is -4.66. The van der Waals surface area contributed by atoms with Gasteiger partial charge in [-0.15, -0.1) is 0 Å². The molecule has 0 bridgehead atoms. The van der Waals surface area contributed by atoms with Crippen LogP contribution in [0, 0.1) is 0 Å². The fraction of sp³-hybridized carbons (Fsp3) is 0.235. The zero-order valence-corrected chi connectivity index (χ0v) is 24.2. The molecule has 0 aromatic heterocycles. The van der Waals surface area contributed by atoms with E-state index in [0.29, 0.717) is 13.1 Å². The fourth-order valence-electron chi connectivity index (χ4n) is 4.37. The van der Waals surface area contributed by atoms with Crippen molar-refractivity contribution in [1.29, 1.82) is 0 Å². The predicted octanol–water partition coefficient (Wildman–Crippen LogP) is 8.33. The number of aliphatic hydroxyl groups is 2. The maximum Gasteiger partial charge on any atom is 0.0858 e. The van der Waals surface area contributed by atoms with Gasteiger partial charge in [-0.3, -0.25) is 0 Å². The van der Waals surface area contributed by atoms with E-state index < -0.39 is 0 Å². The summed E-state index contributed by atoms with van der Waals surface area (Å²) in [6.07, 6.45) is 4.11. The summed E-state index contributed by atoms with van der Waals surface area (Å²) in [6, 6.07) is 31.5. The first-order valence-corrected chi connectivity index (χ1v) is 14.2. The molecule has 8 heteroatoms. The highest BCUT2D eigenvalue weighted by Gasteiger charge is 2.04. The number of rotatable bonds is 14. The highest BCUT2D eigenvalue weighted by Crippen LogP contribution is 2.24. The predicted molar refractivity (Wildman–Crippen MR) is 173 cm³/mol. The highest BCUT2D eigenvalue weighted by atomic mass is 16.3. The molecule has 0 fully saturated rings. The number of aliphatic hydroxyl groups excluding tert-OH is 2. The van der Waals surface area contributed by atoms with Crippen molar-refractivity contribution in [1.82, 2.24) is 0 Å². The first-order chi connectivity index (χ1) is 20.6. The molecule has 0 aliphatic carbocycles. The van der Waals surface area contributed by atoms with Gasteiger partial charge in [-0.2, -0.15) is 20.5 Å². The lowest BCUT2D eigenvalue weighted by Gasteiger charge is -2.21.